The highest BCUT2D eigenvalue weighted by atomic mass is 16.5. The van der Waals surface area contributed by atoms with Crippen LogP contribution < -0.4 is 20.7 Å². The highest BCUT2D eigenvalue weighted by Crippen LogP contribution is 2.13. The minimum atomic E-state index is -0.919. The third-order valence-corrected chi connectivity index (χ3v) is 5.60. The van der Waals surface area contributed by atoms with Gasteiger partial charge in [-0.15, -0.1) is 0 Å². The van der Waals surface area contributed by atoms with Crippen molar-refractivity contribution in [1.82, 2.24) is 16.0 Å². The monoisotopic (exact) mass is 481 g/mol. The molecule has 3 atom stereocenters. The zero-order valence-corrected chi connectivity index (χ0v) is 20.6. The molecule has 35 heavy (non-hydrogen) atoms. The number of aldehydes is 1. The Balaban J connectivity index is 2.08. The molecule has 0 aliphatic heterocycles. The van der Waals surface area contributed by atoms with E-state index < -0.39 is 35.8 Å². The molecule has 0 aliphatic carbocycles. The van der Waals surface area contributed by atoms with Crippen molar-refractivity contribution in [2.75, 3.05) is 7.11 Å². The van der Waals surface area contributed by atoms with Crippen molar-refractivity contribution in [3.8, 4) is 5.75 Å². The number of carbonyl (C=O) groups is 4. The number of rotatable bonds is 14. The summed E-state index contributed by atoms with van der Waals surface area (Å²) in [7, 11) is 1.51. The normalized spacial score (nSPS) is 13.1. The molecule has 0 aromatic heterocycles. The molecule has 0 fully saturated rings. The number of unbranched alkanes of at least 4 members (excludes halogenated alkanes) is 2. The second-order valence-corrected chi connectivity index (χ2v) is 8.42. The third kappa shape index (κ3) is 9.23. The lowest BCUT2D eigenvalue weighted by molar-refractivity contribution is -0.130. The fourth-order valence-electron chi connectivity index (χ4n) is 3.54. The largest absolute Gasteiger partial charge is 0.497 e. The van der Waals surface area contributed by atoms with Gasteiger partial charge in [0.15, 0.2) is 0 Å². The van der Waals surface area contributed by atoms with Crippen LogP contribution in [0.25, 0.3) is 0 Å². The van der Waals surface area contributed by atoms with E-state index >= 15 is 0 Å². The molecule has 1 unspecified atom stereocenters. The first-order chi connectivity index (χ1) is 16.9. The van der Waals surface area contributed by atoms with Crippen molar-refractivity contribution in [1.29, 1.82) is 0 Å². The molecular weight excluding hydrogens is 446 g/mol. The van der Waals surface area contributed by atoms with Crippen molar-refractivity contribution in [2.45, 2.75) is 64.1 Å². The standard InChI is InChI=1S/C27H35N3O5/c1-4-5-7-14-22(18-31)29-25(32)19(2)28-27(34)24(16-20-11-8-6-9-12-20)30-26(33)21-13-10-15-23(17-21)35-3/h6,8-13,15,17-19,22,24H,4-5,7,14,16H2,1-3H3,(H,28,34)(H,29,32)(H,30,33)/t19-,22?,24-/m0/s1. The van der Waals surface area contributed by atoms with Crippen LogP contribution in [0.5, 0.6) is 5.75 Å². The number of ether oxygens (including phenoxy) is 1. The molecule has 0 heterocycles. The topological polar surface area (TPSA) is 114 Å². The maximum Gasteiger partial charge on any atom is 0.252 e. The Morgan fingerprint density at radius 2 is 1.69 bits per heavy atom. The first kappa shape index (κ1) is 27.6. The van der Waals surface area contributed by atoms with Gasteiger partial charge in [0.25, 0.3) is 5.91 Å². The zero-order valence-electron chi connectivity index (χ0n) is 20.6. The van der Waals surface area contributed by atoms with Gasteiger partial charge < -0.3 is 25.5 Å². The molecule has 0 saturated carbocycles. The summed E-state index contributed by atoms with van der Waals surface area (Å²) < 4.78 is 5.18. The molecule has 8 heteroatoms. The maximum absolute atomic E-state index is 13.1. The van der Waals surface area contributed by atoms with Crippen molar-refractivity contribution in [3.63, 3.8) is 0 Å². The Hall–Kier alpha value is -3.68. The van der Waals surface area contributed by atoms with Gasteiger partial charge in [0, 0.05) is 12.0 Å². The van der Waals surface area contributed by atoms with Crippen molar-refractivity contribution in [2.24, 2.45) is 0 Å². The van der Waals surface area contributed by atoms with Crippen LogP contribution in [0.3, 0.4) is 0 Å². The van der Waals surface area contributed by atoms with Crippen molar-refractivity contribution in [3.05, 3.63) is 65.7 Å². The van der Waals surface area contributed by atoms with Crippen molar-refractivity contribution < 1.29 is 23.9 Å². The fourth-order valence-corrected chi connectivity index (χ4v) is 3.54. The van der Waals surface area contributed by atoms with E-state index in [1.54, 1.807) is 31.2 Å². The van der Waals surface area contributed by atoms with Gasteiger partial charge in [0.05, 0.1) is 13.2 Å². The highest BCUT2D eigenvalue weighted by molar-refractivity contribution is 5.98. The molecule has 0 aliphatic rings. The van der Waals surface area contributed by atoms with Gasteiger partial charge in [-0.2, -0.15) is 0 Å². The van der Waals surface area contributed by atoms with E-state index in [9.17, 15) is 19.2 Å². The van der Waals surface area contributed by atoms with E-state index in [0.717, 1.165) is 24.8 Å². The van der Waals surface area contributed by atoms with Crippen LogP contribution in [0.15, 0.2) is 54.6 Å². The van der Waals surface area contributed by atoms with Crippen LogP contribution in [0.4, 0.5) is 0 Å². The van der Waals surface area contributed by atoms with E-state index in [1.807, 2.05) is 30.3 Å². The number of amides is 3. The van der Waals surface area contributed by atoms with Gasteiger partial charge in [-0.1, -0.05) is 62.6 Å². The van der Waals surface area contributed by atoms with E-state index in [-0.39, 0.29) is 6.42 Å². The lowest BCUT2D eigenvalue weighted by Crippen LogP contribution is -2.54. The number of benzene rings is 2. The van der Waals surface area contributed by atoms with E-state index in [1.165, 1.54) is 7.11 Å². The maximum atomic E-state index is 13.1. The lowest BCUT2D eigenvalue weighted by atomic mass is 10.0. The SMILES string of the molecule is CCCCCC(C=O)NC(=O)[C@H](C)NC(=O)[C@H](Cc1ccccc1)NC(=O)c1cccc(OC)c1. The van der Waals surface area contributed by atoms with Crippen LogP contribution in [0.1, 0.15) is 55.5 Å². The van der Waals surface area contributed by atoms with Crippen molar-refractivity contribution >= 4 is 24.0 Å². The quantitative estimate of drug-likeness (QED) is 0.284. The summed E-state index contributed by atoms with van der Waals surface area (Å²) in [5, 5.41) is 8.11. The molecule has 3 N–H and O–H groups in total. The molecule has 0 radical (unpaired) electrons. The summed E-state index contributed by atoms with van der Waals surface area (Å²) in [6, 6.07) is 13.5. The minimum Gasteiger partial charge on any atom is -0.497 e. The summed E-state index contributed by atoms with van der Waals surface area (Å²) >= 11 is 0. The Morgan fingerprint density at radius 3 is 2.34 bits per heavy atom. The van der Waals surface area contributed by atoms with Crippen LogP contribution in [-0.2, 0) is 20.8 Å². The Kier molecular flexibility index (Phi) is 11.5. The second kappa shape index (κ2) is 14.6. The average Bonchev–Trinajstić information content (AvgIpc) is 2.88. The molecule has 0 bridgehead atoms. The molecular formula is C27H35N3O5. The Morgan fingerprint density at radius 1 is 0.943 bits per heavy atom. The Labute approximate surface area is 206 Å². The number of hydrogen-bond acceptors (Lipinski definition) is 5. The van der Waals surface area contributed by atoms with Crippen LogP contribution in [0.2, 0.25) is 0 Å². The molecule has 0 spiro atoms. The molecule has 2 rings (SSSR count). The smallest absolute Gasteiger partial charge is 0.252 e. The number of hydrogen-bond donors (Lipinski definition) is 3. The van der Waals surface area contributed by atoms with Gasteiger partial charge in [-0.25, -0.2) is 0 Å². The Bertz CT molecular complexity index is 980. The summed E-state index contributed by atoms with van der Waals surface area (Å²) in [4.78, 5) is 49.9. The molecule has 0 saturated heterocycles. The molecule has 3 amide bonds. The zero-order chi connectivity index (χ0) is 25.6. The third-order valence-electron chi connectivity index (χ3n) is 5.60. The number of nitrogens with one attached hydrogen (secondary N) is 3. The molecule has 2 aromatic rings. The average molecular weight is 482 g/mol. The summed E-state index contributed by atoms with van der Waals surface area (Å²) in [5.74, 6) is -0.865. The van der Waals surface area contributed by atoms with Gasteiger partial charge in [0.2, 0.25) is 11.8 Å². The first-order valence-electron chi connectivity index (χ1n) is 11.9. The minimum absolute atomic E-state index is 0.241. The van der Waals surface area contributed by atoms with Gasteiger partial charge in [-0.05, 0) is 37.1 Å². The summed E-state index contributed by atoms with van der Waals surface area (Å²) in [6.07, 6.45) is 4.32. The van der Waals surface area contributed by atoms with E-state index in [4.69, 9.17) is 4.74 Å². The van der Waals surface area contributed by atoms with E-state index in [2.05, 4.69) is 22.9 Å². The predicted molar refractivity (Wildman–Crippen MR) is 134 cm³/mol. The second-order valence-electron chi connectivity index (χ2n) is 8.42. The van der Waals surface area contributed by atoms with Crippen LogP contribution >= 0.6 is 0 Å². The summed E-state index contributed by atoms with van der Waals surface area (Å²) in [5.41, 5.74) is 1.20. The molecule has 8 nitrogen and oxygen atoms in total. The number of methoxy groups -OCH3 is 1. The van der Waals surface area contributed by atoms with Crippen LogP contribution in [-0.4, -0.2) is 49.2 Å². The van der Waals surface area contributed by atoms with Gasteiger partial charge in [0.1, 0.15) is 24.1 Å². The highest BCUT2D eigenvalue weighted by Gasteiger charge is 2.26. The molecule has 2 aromatic carbocycles. The van der Waals surface area contributed by atoms with Crippen LogP contribution in [0, 0.1) is 0 Å². The van der Waals surface area contributed by atoms with E-state index in [0.29, 0.717) is 24.0 Å². The number of carbonyl (C=O) groups excluding carboxylic acids is 4. The lowest BCUT2D eigenvalue weighted by Gasteiger charge is -2.22. The predicted octanol–water partition coefficient (Wildman–Crippen LogP) is 2.81. The first-order valence-corrected chi connectivity index (χ1v) is 11.9. The summed E-state index contributed by atoms with van der Waals surface area (Å²) in [6.45, 7) is 3.61. The molecule has 188 valence electrons. The van der Waals surface area contributed by atoms with Gasteiger partial charge in [-0.3, -0.25) is 14.4 Å². The fraction of sp³-hybridized carbons (Fsp3) is 0.407. The van der Waals surface area contributed by atoms with Gasteiger partial charge >= 0.3 is 0 Å².